The smallest absolute Gasteiger partial charge is 0.322 e. The molecule has 0 saturated carbocycles. The van der Waals surface area contributed by atoms with Crippen LogP contribution in [0.25, 0.3) is 0 Å². The molecule has 3 N–H and O–H groups in total. The van der Waals surface area contributed by atoms with Crippen molar-refractivity contribution in [1.29, 1.82) is 0 Å². The van der Waals surface area contributed by atoms with Crippen LogP contribution < -0.4 is 10.6 Å². The Hall–Kier alpha value is -1.88. The van der Waals surface area contributed by atoms with Gasteiger partial charge >= 0.3 is 6.03 Å². The van der Waals surface area contributed by atoms with E-state index in [1.54, 1.807) is 0 Å². The van der Waals surface area contributed by atoms with E-state index in [0.717, 1.165) is 5.56 Å². The van der Waals surface area contributed by atoms with Crippen molar-refractivity contribution in [3.63, 3.8) is 0 Å². The molecule has 0 aliphatic carbocycles. The number of unbranched alkanes of at least 4 members (excludes halogenated alkanes) is 1. The Bertz CT molecular complexity index is 447. The number of urea groups is 1. The van der Waals surface area contributed by atoms with E-state index in [9.17, 15) is 9.59 Å². The van der Waals surface area contributed by atoms with Crippen LogP contribution in [-0.4, -0.2) is 23.7 Å². The van der Waals surface area contributed by atoms with Gasteiger partial charge in [-0.05, 0) is 24.8 Å². The monoisotopic (exact) mass is 248 g/mol. The van der Waals surface area contributed by atoms with Crippen LogP contribution in [0.15, 0.2) is 30.3 Å². The van der Waals surface area contributed by atoms with E-state index in [1.165, 1.54) is 0 Å². The first-order valence-electron chi connectivity index (χ1n) is 5.99. The van der Waals surface area contributed by atoms with Gasteiger partial charge in [-0.3, -0.25) is 10.1 Å². The van der Waals surface area contributed by atoms with Crippen molar-refractivity contribution in [2.45, 2.75) is 24.8 Å². The third kappa shape index (κ3) is 2.22. The lowest BCUT2D eigenvalue weighted by atomic mass is 9.85. The Morgan fingerprint density at radius 3 is 2.39 bits per heavy atom. The molecular weight excluding hydrogens is 232 g/mol. The van der Waals surface area contributed by atoms with Crippen LogP contribution in [0.2, 0.25) is 0 Å². The molecule has 18 heavy (non-hydrogen) atoms. The number of amides is 3. The maximum Gasteiger partial charge on any atom is 0.322 e. The summed E-state index contributed by atoms with van der Waals surface area (Å²) in [5.74, 6) is -0.323. The van der Waals surface area contributed by atoms with Crippen LogP contribution in [0, 0.1) is 0 Å². The largest absolute Gasteiger partial charge is 0.396 e. The quantitative estimate of drug-likeness (QED) is 0.534. The van der Waals surface area contributed by atoms with Crippen LogP contribution >= 0.6 is 0 Å². The number of carbonyl (C=O) groups is 2. The number of aliphatic hydroxyl groups excluding tert-OH is 1. The minimum absolute atomic E-state index is 0.0838. The zero-order valence-corrected chi connectivity index (χ0v) is 9.98. The maximum absolute atomic E-state index is 12.0. The Labute approximate surface area is 105 Å². The highest BCUT2D eigenvalue weighted by Crippen LogP contribution is 2.30. The number of benzene rings is 1. The molecule has 1 heterocycles. The maximum atomic E-state index is 12.0. The van der Waals surface area contributed by atoms with Gasteiger partial charge in [-0.1, -0.05) is 30.3 Å². The van der Waals surface area contributed by atoms with E-state index in [1.807, 2.05) is 30.3 Å². The van der Waals surface area contributed by atoms with Crippen molar-refractivity contribution in [2.24, 2.45) is 0 Å². The fraction of sp³-hybridized carbons (Fsp3) is 0.385. The van der Waals surface area contributed by atoms with Gasteiger partial charge in [0.05, 0.1) is 0 Å². The summed E-state index contributed by atoms with van der Waals surface area (Å²) in [6.07, 6.45) is 1.76. The molecule has 1 aliphatic heterocycles. The number of nitrogens with one attached hydrogen (secondary N) is 2. The number of hydrogen-bond acceptors (Lipinski definition) is 3. The average Bonchev–Trinajstić information content (AvgIpc) is 2.67. The van der Waals surface area contributed by atoms with Crippen molar-refractivity contribution >= 4 is 11.9 Å². The normalized spacial score (nSPS) is 22.7. The van der Waals surface area contributed by atoms with Gasteiger partial charge in [-0.2, -0.15) is 0 Å². The predicted molar refractivity (Wildman–Crippen MR) is 65.7 cm³/mol. The highest BCUT2D eigenvalue weighted by Gasteiger charge is 2.46. The van der Waals surface area contributed by atoms with E-state index in [2.05, 4.69) is 10.6 Å². The molecule has 0 bridgehead atoms. The molecule has 2 rings (SSSR count). The van der Waals surface area contributed by atoms with Gasteiger partial charge in [0.2, 0.25) is 0 Å². The van der Waals surface area contributed by atoms with Gasteiger partial charge in [0.25, 0.3) is 5.91 Å². The van der Waals surface area contributed by atoms with Crippen molar-refractivity contribution < 1.29 is 14.7 Å². The average molecular weight is 248 g/mol. The Morgan fingerprint density at radius 1 is 1.11 bits per heavy atom. The van der Waals surface area contributed by atoms with Crippen molar-refractivity contribution in [3.8, 4) is 0 Å². The summed E-state index contributed by atoms with van der Waals surface area (Å²) < 4.78 is 0. The molecule has 1 fully saturated rings. The molecule has 3 amide bonds. The molecule has 0 spiro atoms. The third-order valence-corrected chi connectivity index (χ3v) is 3.17. The molecular formula is C13H16N2O3. The van der Waals surface area contributed by atoms with E-state index < -0.39 is 11.6 Å². The van der Waals surface area contributed by atoms with Gasteiger partial charge in [-0.25, -0.2) is 4.79 Å². The first-order chi connectivity index (χ1) is 8.69. The molecule has 1 aliphatic rings. The Kier molecular flexibility index (Phi) is 3.62. The summed E-state index contributed by atoms with van der Waals surface area (Å²) in [6, 6.07) is 8.71. The molecule has 0 radical (unpaired) electrons. The number of hydrogen-bond donors (Lipinski definition) is 3. The Morgan fingerprint density at radius 2 is 1.83 bits per heavy atom. The highest BCUT2D eigenvalue weighted by atomic mass is 16.3. The van der Waals surface area contributed by atoms with Crippen LogP contribution in [0.1, 0.15) is 24.8 Å². The second-order valence-electron chi connectivity index (χ2n) is 4.36. The van der Waals surface area contributed by atoms with E-state index in [4.69, 9.17) is 5.11 Å². The topological polar surface area (TPSA) is 78.4 Å². The second kappa shape index (κ2) is 5.18. The number of imide groups is 1. The molecule has 5 heteroatoms. The van der Waals surface area contributed by atoms with Crippen LogP contribution in [0.5, 0.6) is 0 Å². The predicted octanol–water partition coefficient (Wildman–Crippen LogP) is 0.884. The molecule has 0 aromatic heterocycles. The zero-order valence-electron chi connectivity index (χ0n) is 9.98. The lowest BCUT2D eigenvalue weighted by Crippen LogP contribution is -2.43. The van der Waals surface area contributed by atoms with Gasteiger partial charge < -0.3 is 10.4 Å². The summed E-state index contributed by atoms with van der Waals surface area (Å²) in [7, 11) is 0. The van der Waals surface area contributed by atoms with Crippen LogP contribution in [0.4, 0.5) is 4.79 Å². The minimum atomic E-state index is -0.993. The minimum Gasteiger partial charge on any atom is -0.396 e. The van der Waals surface area contributed by atoms with Crippen molar-refractivity contribution in [1.82, 2.24) is 10.6 Å². The van der Waals surface area contributed by atoms with E-state index in [-0.39, 0.29) is 12.5 Å². The number of carbonyl (C=O) groups excluding carboxylic acids is 2. The van der Waals surface area contributed by atoms with E-state index >= 15 is 0 Å². The summed E-state index contributed by atoms with van der Waals surface area (Å²) in [6.45, 7) is 0.0838. The van der Waals surface area contributed by atoms with E-state index in [0.29, 0.717) is 19.3 Å². The Balaban J connectivity index is 2.29. The fourth-order valence-electron chi connectivity index (χ4n) is 2.24. The zero-order chi connectivity index (χ0) is 13.0. The van der Waals surface area contributed by atoms with Crippen LogP contribution in [-0.2, 0) is 10.3 Å². The summed E-state index contributed by atoms with van der Waals surface area (Å²) >= 11 is 0. The molecule has 1 aromatic carbocycles. The standard InChI is InChI=1S/C13H16N2O3/c16-9-5-4-8-13(10-6-2-1-3-7-10)11(17)14-12(18)15-13/h1-3,6-7,16H,4-5,8-9H2,(H2,14,15,17,18)/t13-/m1/s1. The summed E-state index contributed by atoms with van der Waals surface area (Å²) in [5.41, 5.74) is -0.223. The van der Waals surface area contributed by atoms with Crippen molar-refractivity contribution in [2.75, 3.05) is 6.61 Å². The molecule has 5 nitrogen and oxygen atoms in total. The lowest BCUT2D eigenvalue weighted by molar-refractivity contribution is -0.124. The van der Waals surface area contributed by atoms with Gasteiger partial charge in [0.1, 0.15) is 5.54 Å². The highest BCUT2D eigenvalue weighted by molar-refractivity contribution is 6.07. The third-order valence-electron chi connectivity index (χ3n) is 3.17. The van der Waals surface area contributed by atoms with Crippen LogP contribution in [0.3, 0.4) is 0 Å². The number of rotatable bonds is 5. The molecule has 1 atom stereocenters. The second-order valence-corrected chi connectivity index (χ2v) is 4.36. The first kappa shape index (κ1) is 12.6. The van der Waals surface area contributed by atoms with Gasteiger partial charge in [0.15, 0.2) is 0 Å². The lowest BCUT2D eigenvalue weighted by Gasteiger charge is -2.26. The van der Waals surface area contributed by atoms with Gasteiger partial charge in [-0.15, -0.1) is 0 Å². The molecule has 1 aromatic rings. The molecule has 0 unspecified atom stereocenters. The van der Waals surface area contributed by atoms with Crippen molar-refractivity contribution in [3.05, 3.63) is 35.9 Å². The summed E-state index contributed by atoms with van der Waals surface area (Å²) in [4.78, 5) is 23.4. The molecule has 1 saturated heterocycles. The first-order valence-corrected chi connectivity index (χ1v) is 5.99. The number of aliphatic hydroxyl groups is 1. The molecule has 96 valence electrons. The van der Waals surface area contributed by atoms with Gasteiger partial charge in [0, 0.05) is 6.61 Å². The fourth-order valence-corrected chi connectivity index (χ4v) is 2.24. The SMILES string of the molecule is O=C1NC(=O)[C@@](CCCCO)(c2ccccc2)N1. The summed E-state index contributed by atoms with van der Waals surface area (Å²) in [5, 5.41) is 13.8.